The number of carbonyl (C=O) groups is 1. The van der Waals surface area contributed by atoms with Gasteiger partial charge in [0.25, 0.3) is 0 Å². The van der Waals surface area contributed by atoms with Crippen LogP contribution in [0.5, 0.6) is 0 Å². The first-order valence-corrected chi connectivity index (χ1v) is 2.70. The average Bonchev–Trinajstić information content (AvgIpc) is 2.12. The Morgan fingerprint density at radius 3 is 3.00 bits per heavy atom. The molecule has 1 aliphatic carbocycles. The van der Waals surface area contributed by atoms with Crippen LogP contribution >= 0.6 is 0 Å². The van der Waals surface area contributed by atoms with Gasteiger partial charge in [0.1, 0.15) is 25.0 Å². The van der Waals surface area contributed by atoms with E-state index in [9.17, 15) is 15.0 Å². The maximum absolute atomic E-state index is 10.8. The Bertz CT molecular complexity index is 386. The lowest BCUT2D eigenvalue weighted by atomic mass is 9.96. The second-order valence-corrected chi connectivity index (χ2v) is 1.87. The van der Waals surface area contributed by atoms with Gasteiger partial charge in [-0.2, -0.15) is 0 Å². The van der Waals surface area contributed by atoms with Gasteiger partial charge in [-0.15, -0.1) is 0 Å². The van der Waals surface area contributed by atoms with E-state index in [2.05, 4.69) is 0 Å². The van der Waals surface area contributed by atoms with Gasteiger partial charge in [0.15, 0.2) is 0 Å². The van der Waals surface area contributed by atoms with Gasteiger partial charge in [-0.3, -0.25) is 0 Å². The number of carbonyl (C=O) groups excluding carboxylic acids is 1. The molecule has 4 heteroatoms. The predicted molar refractivity (Wildman–Crippen MR) is 37.0 cm³/mol. The van der Waals surface area contributed by atoms with Crippen molar-refractivity contribution in [3.63, 3.8) is 0 Å². The highest BCUT2D eigenvalue weighted by Crippen LogP contribution is 2.19. The van der Waals surface area contributed by atoms with Crippen molar-refractivity contribution in [1.82, 2.24) is 0 Å². The Morgan fingerprint density at radius 2 is 2.45 bits per heavy atom. The molecule has 0 heterocycles. The summed E-state index contributed by atoms with van der Waals surface area (Å²) in [5.41, 5.74) is 0. The standard InChI is InChI=1S/C7H8O4/c8-3-5-6(10)1-4(9)2-7(5)11/h1-3,5-6,9-11H/i1D,3D,5D,6D. The summed E-state index contributed by atoms with van der Waals surface area (Å²) >= 11 is 0. The molecule has 3 N–H and O–H groups in total. The number of aliphatic hydroxyl groups is 3. The van der Waals surface area contributed by atoms with Crippen LogP contribution < -0.4 is 0 Å². The lowest BCUT2D eigenvalue weighted by Gasteiger charge is -2.17. The summed E-state index contributed by atoms with van der Waals surface area (Å²) in [6.07, 6.45) is -4.44. The van der Waals surface area contributed by atoms with Crippen molar-refractivity contribution in [2.45, 2.75) is 6.08 Å². The van der Waals surface area contributed by atoms with Crippen LogP contribution in [0.3, 0.4) is 0 Å². The van der Waals surface area contributed by atoms with Crippen LogP contribution in [-0.2, 0) is 4.79 Å². The van der Waals surface area contributed by atoms with Gasteiger partial charge in [-0.25, -0.2) is 0 Å². The molecule has 1 rings (SSSR count). The Morgan fingerprint density at radius 1 is 1.82 bits per heavy atom. The minimum absolute atomic E-state index is 0.491. The lowest BCUT2D eigenvalue weighted by Crippen LogP contribution is -2.24. The molecule has 0 aliphatic heterocycles. The first-order valence-electron chi connectivity index (χ1n) is 4.70. The second kappa shape index (κ2) is 2.75. The van der Waals surface area contributed by atoms with E-state index in [1.54, 1.807) is 0 Å². The molecule has 0 aromatic carbocycles. The second-order valence-electron chi connectivity index (χ2n) is 1.87. The summed E-state index contributed by atoms with van der Waals surface area (Å²) in [5, 5.41) is 27.6. The average molecular weight is 160 g/mol. The van der Waals surface area contributed by atoms with Crippen LogP contribution in [0.15, 0.2) is 23.6 Å². The number of aldehydes is 1. The molecular weight excluding hydrogens is 148 g/mol. The van der Waals surface area contributed by atoms with E-state index in [0.717, 1.165) is 0 Å². The van der Waals surface area contributed by atoms with Crippen molar-refractivity contribution in [1.29, 1.82) is 0 Å². The van der Waals surface area contributed by atoms with Crippen LogP contribution in [-0.4, -0.2) is 27.7 Å². The van der Waals surface area contributed by atoms with Gasteiger partial charge in [0.2, 0.25) is 0 Å². The third-order valence-electron chi connectivity index (χ3n) is 1.11. The van der Waals surface area contributed by atoms with E-state index < -0.39 is 35.8 Å². The number of hydrogen-bond donors (Lipinski definition) is 3. The highest BCUT2D eigenvalue weighted by atomic mass is 16.3. The molecule has 0 spiro atoms. The van der Waals surface area contributed by atoms with E-state index in [1.807, 2.05) is 0 Å². The summed E-state index contributed by atoms with van der Waals surface area (Å²) in [4.78, 5) is 10.8. The van der Waals surface area contributed by atoms with Crippen molar-refractivity contribution in [2.24, 2.45) is 5.89 Å². The molecule has 0 amide bonds. The van der Waals surface area contributed by atoms with Crippen LogP contribution in [0.4, 0.5) is 0 Å². The normalized spacial score (nSPS) is 50.1. The Labute approximate surface area is 68.7 Å². The third-order valence-corrected chi connectivity index (χ3v) is 1.11. The molecule has 0 saturated carbocycles. The minimum atomic E-state index is -3.19. The summed E-state index contributed by atoms with van der Waals surface area (Å²) in [6, 6.07) is -1.11. The van der Waals surface area contributed by atoms with Gasteiger partial charge in [-0.05, 0) is 6.05 Å². The monoisotopic (exact) mass is 160 g/mol. The molecule has 0 bridgehead atoms. The van der Waals surface area contributed by atoms with Crippen molar-refractivity contribution in [3.05, 3.63) is 23.6 Å². The quantitative estimate of drug-likeness (QED) is 0.474. The first-order chi connectivity index (χ1) is 6.65. The van der Waals surface area contributed by atoms with Gasteiger partial charge in [0.05, 0.1) is 8.82 Å². The SMILES string of the molecule is [2H]C(=O)C1([2H])C(O)=CC(O)=C([2H])C1([2H])O. The fourth-order valence-electron chi connectivity index (χ4n) is 0.643. The van der Waals surface area contributed by atoms with Gasteiger partial charge < -0.3 is 20.1 Å². The van der Waals surface area contributed by atoms with E-state index in [4.69, 9.17) is 10.6 Å². The molecule has 0 aromatic heterocycles. The molecule has 2 atom stereocenters. The summed E-state index contributed by atoms with van der Waals surface area (Å²) < 4.78 is 28.4. The van der Waals surface area contributed by atoms with E-state index in [0.29, 0.717) is 6.08 Å². The number of rotatable bonds is 1. The molecule has 0 fully saturated rings. The molecule has 0 aromatic rings. The highest BCUT2D eigenvalue weighted by Gasteiger charge is 2.24. The molecule has 60 valence electrons. The Hall–Kier alpha value is -1.29. The maximum atomic E-state index is 10.8. The molecular formula is C7H8O4. The fraction of sp³-hybridized carbons (Fsp3) is 0.286. The van der Waals surface area contributed by atoms with Crippen molar-refractivity contribution in [3.8, 4) is 0 Å². The minimum Gasteiger partial charge on any atom is -0.511 e. The van der Waals surface area contributed by atoms with Crippen molar-refractivity contribution < 1.29 is 25.6 Å². The topological polar surface area (TPSA) is 77.8 Å². The predicted octanol–water partition coefficient (Wildman–Crippen LogP) is 0.0598. The Kier molecular flexibility index (Phi) is 0.981. The smallest absolute Gasteiger partial charge is 0.133 e. The van der Waals surface area contributed by atoms with Crippen molar-refractivity contribution in [2.75, 3.05) is 0 Å². The number of hydrogen-bond acceptors (Lipinski definition) is 4. The number of allylic oxidation sites excluding steroid dienone is 1. The van der Waals surface area contributed by atoms with Crippen LogP contribution in [0.25, 0.3) is 0 Å². The summed E-state index contributed by atoms with van der Waals surface area (Å²) in [7, 11) is 0. The van der Waals surface area contributed by atoms with Crippen molar-refractivity contribution >= 4 is 6.26 Å². The molecule has 1 aliphatic rings. The zero-order valence-electron chi connectivity index (χ0n) is 9.33. The first kappa shape index (κ1) is 3.92. The molecule has 4 nitrogen and oxygen atoms in total. The van der Waals surface area contributed by atoms with Crippen LogP contribution in [0.2, 0.25) is 0 Å². The molecule has 0 radical (unpaired) electrons. The van der Waals surface area contributed by atoms with Crippen LogP contribution in [0, 0.1) is 5.89 Å². The Balaban J connectivity index is 3.48. The zero-order chi connectivity index (χ0) is 12.0. The summed E-state index contributed by atoms with van der Waals surface area (Å²) in [5.74, 6) is -5.07. The third kappa shape index (κ3) is 1.40. The van der Waals surface area contributed by atoms with Gasteiger partial charge in [0, 0.05) is 7.45 Å². The molecule has 11 heavy (non-hydrogen) atoms. The van der Waals surface area contributed by atoms with Gasteiger partial charge in [-0.1, -0.05) is 0 Å². The fourth-order valence-corrected chi connectivity index (χ4v) is 0.643. The summed E-state index contributed by atoms with van der Waals surface area (Å²) in [6.45, 7) is 0. The van der Waals surface area contributed by atoms with E-state index in [-0.39, 0.29) is 0 Å². The van der Waals surface area contributed by atoms with Crippen LogP contribution in [0.1, 0.15) is 5.48 Å². The molecule has 2 unspecified atom stereocenters. The number of aliphatic hydroxyl groups excluding tert-OH is 2. The van der Waals surface area contributed by atoms with E-state index in [1.165, 1.54) is 0 Å². The maximum Gasteiger partial charge on any atom is 0.133 e. The largest absolute Gasteiger partial charge is 0.511 e. The zero-order valence-corrected chi connectivity index (χ0v) is 5.33. The lowest BCUT2D eigenvalue weighted by molar-refractivity contribution is -0.113. The van der Waals surface area contributed by atoms with E-state index >= 15 is 0 Å². The highest BCUT2D eigenvalue weighted by molar-refractivity contribution is 5.61. The van der Waals surface area contributed by atoms with Gasteiger partial charge >= 0.3 is 0 Å². The molecule has 0 saturated heterocycles.